The number of aryl methyl sites for hydroxylation is 1. The van der Waals surface area contributed by atoms with Crippen LogP contribution in [0.3, 0.4) is 0 Å². The molecule has 2 aromatic rings. The molecule has 0 saturated heterocycles. The maximum absolute atomic E-state index is 13.2. The van der Waals surface area contributed by atoms with Crippen LogP contribution >= 0.6 is 0 Å². The molecule has 1 aromatic heterocycles. The van der Waals surface area contributed by atoms with Gasteiger partial charge in [-0.2, -0.15) is 0 Å². The fourth-order valence-electron chi connectivity index (χ4n) is 2.25. The van der Waals surface area contributed by atoms with Crippen molar-refractivity contribution in [2.75, 3.05) is 19.0 Å². The quantitative estimate of drug-likeness (QED) is 0.908. The molecule has 1 heterocycles. The predicted octanol–water partition coefficient (Wildman–Crippen LogP) is 2.88. The smallest absolute Gasteiger partial charge is 0.123 e. The van der Waals surface area contributed by atoms with Gasteiger partial charge in [-0.15, -0.1) is 0 Å². The highest BCUT2D eigenvalue weighted by atomic mass is 19.1. The average Bonchev–Trinajstić information content (AvgIpc) is 2.41. The molecule has 0 spiro atoms. The Bertz CT molecular complexity index is 584. The van der Waals surface area contributed by atoms with Crippen molar-refractivity contribution < 1.29 is 4.39 Å². The third-order valence-electron chi connectivity index (χ3n) is 3.19. The first kappa shape index (κ1) is 14.5. The highest BCUT2D eigenvalue weighted by Crippen LogP contribution is 2.21. The second-order valence-electron chi connectivity index (χ2n) is 4.97. The van der Waals surface area contributed by atoms with Crippen molar-refractivity contribution >= 4 is 5.69 Å². The lowest BCUT2D eigenvalue weighted by atomic mass is 10.1. The van der Waals surface area contributed by atoms with Crippen molar-refractivity contribution in [2.24, 2.45) is 0 Å². The first-order chi connectivity index (χ1) is 9.60. The van der Waals surface area contributed by atoms with Crippen molar-refractivity contribution in [1.82, 2.24) is 10.3 Å². The van der Waals surface area contributed by atoms with Crippen LogP contribution in [-0.4, -0.2) is 19.1 Å². The van der Waals surface area contributed by atoms with Gasteiger partial charge in [0.15, 0.2) is 0 Å². The van der Waals surface area contributed by atoms with Crippen LogP contribution in [0.4, 0.5) is 10.1 Å². The third-order valence-corrected chi connectivity index (χ3v) is 3.19. The second-order valence-corrected chi connectivity index (χ2v) is 4.97. The maximum Gasteiger partial charge on any atom is 0.123 e. The van der Waals surface area contributed by atoms with Crippen LogP contribution < -0.4 is 10.2 Å². The van der Waals surface area contributed by atoms with Crippen LogP contribution in [0.2, 0.25) is 0 Å². The van der Waals surface area contributed by atoms with Crippen LogP contribution in [0.25, 0.3) is 0 Å². The minimum atomic E-state index is -0.197. The van der Waals surface area contributed by atoms with Gasteiger partial charge < -0.3 is 10.2 Å². The summed E-state index contributed by atoms with van der Waals surface area (Å²) < 4.78 is 13.2. The van der Waals surface area contributed by atoms with Crippen LogP contribution in [0, 0.1) is 12.7 Å². The zero-order valence-electron chi connectivity index (χ0n) is 12.2. The predicted molar refractivity (Wildman–Crippen MR) is 80.2 cm³/mol. The Labute approximate surface area is 119 Å². The Hall–Kier alpha value is -1.94. The number of rotatable bonds is 5. The van der Waals surface area contributed by atoms with Crippen molar-refractivity contribution in [2.45, 2.75) is 20.0 Å². The van der Waals surface area contributed by atoms with Crippen LogP contribution in [-0.2, 0) is 13.1 Å². The molecule has 106 valence electrons. The molecule has 0 aliphatic rings. The molecule has 4 heteroatoms. The van der Waals surface area contributed by atoms with Crippen LogP contribution in [0.15, 0.2) is 36.5 Å². The van der Waals surface area contributed by atoms with E-state index in [1.165, 1.54) is 6.07 Å². The number of halogens is 1. The van der Waals surface area contributed by atoms with E-state index in [9.17, 15) is 4.39 Å². The molecule has 0 fully saturated rings. The van der Waals surface area contributed by atoms with E-state index < -0.39 is 0 Å². The summed E-state index contributed by atoms with van der Waals surface area (Å²) >= 11 is 0. The number of pyridine rings is 1. The molecule has 20 heavy (non-hydrogen) atoms. The summed E-state index contributed by atoms with van der Waals surface area (Å²) in [5.74, 6) is -0.197. The molecule has 0 saturated carbocycles. The van der Waals surface area contributed by atoms with Gasteiger partial charge in [0.05, 0.1) is 0 Å². The zero-order chi connectivity index (χ0) is 14.5. The van der Waals surface area contributed by atoms with Gasteiger partial charge in [0.25, 0.3) is 0 Å². The Morgan fingerprint density at radius 3 is 2.80 bits per heavy atom. The van der Waals surface area contributed by atoms with Gasteiger partial charge in [-0.05, 0) is 37.7 Å². The summed E-state index contributed by atoms with van der Waals surface area (Å²) in [4.78, 5) is 6.46. The summed E-state index contributed by atoms with van der Waals surface area (Å²) in [5.41, 5.74) is 4.19. The molecule has 2 rings (SSSR count). The minimum absolute atomic E-state index is 0.197. The minimum Gasteiger partial charge on any atom is -0.370 e. The lowest BCUT2D eigenvalue weighted by Crippen LogP contribution is -2.20. The van der Waals surface area contributed by atoms with Crippen molar-refractivity contribution in [1.29, 1.82) is 0 Å². The highest BCUT2D eigenvalue weighted by Gasteiger charge is 2.09. The summed E-state index contributed by atoms with van der Waals surface area (Å²) in [6.07, 6.45) is 1.89. The zero-order valence-corrected chi connectivity index (χ0v) is 12.2. The third kappa shape index (κ3) is 3.54. The molecule has 0 amide bonds. The Morgan fingerprint density at radius 2 is 2.10 bits per heavy atom. The molecule has 0 bridgehead atoms. The van der Waals surface area contributed by atoms with Crippen molar-refractivity contribution in [3.05, 3.63) is 59.2 Å². The summed E-state index contributed by atoms with van der Waals surface area (Å²) in [6.45, 7) is 3.40. The molecule has 0 atom stereocenters. The number of anilines is 1. The van der Waals surface area contributed by atoms with Gasteiger partial charge in [0.2, 0.25) is 0 Å². The van der Waals surface area contributed by atoms with Crippen molar-refractivity contribution in [3.8, 4) is 0 Å². The highest BCUT2D eigenvalue weighted by molar-refractivity contribution is 5.53. The normalized spacial score (nSPS) is 10.6. The van der Waals surface area contributed by atoms with E-state index in [0.717, 1.165) is 29.1 Å². The van der Waals surface area contributed by atoms with Gasteiger partial charge in [0.1, 0.15) is 5.82 Å². The molecule has 0 aliphatic carbocycles. The monoisotopic (exact) mass is 273 g/mol. The SMILES string of the molecule is CNCc1cnc(C)cc1N(C)Cc1cccc(F)c1. The Balaban J connectivity index is 2.23. The van der Waals surface area contributed by atoms with E-state index in [-0.39, 0.29) is 5.82 Å². The number of hydrogen-bond acceptors (Lipinski definition) is 3. The molecular weight excluding hydrogens is 253 g/mol. The molecule has 0 aliphatic heterocycles. The first-order valence-corrected chi connectivity index (χ1v) is 6.66. The Morgan fingerprint density at radius 1 is 1.30 bits per heavy atom. The maximum atomic E-state index is 13.2. The number of hydrogen-bond donors (Lipinski definition) is 1. The van der Waals surface area contributed by atoms with E-state index in [2.05, 4.69) is 21.3 Å². The molecule has 1 aromatic carbocycles. The van der Waals surface area contributed by atoms with Gasteiger partial charge in [-0.25, -0.2) is 4.39 Å². The number of aromatic nitrogens is 1. The second kappa shape index (κ2) is 6.48. The van der Waals surface area contributed by atoms with Gasteiger partial charge in [-0.3, -0.25) is 4.98 Å². The molecular formula is C16H20FN3. The summed E-state index contributed by atoms with van der Waals surface area (Å²) in [5, 5.41) is 3.15. The van der Waals surface area contributed by atoms with E-state index in [1.807, 2.05) is 33.3 Å². The van der Waals surface area contributed by atoms with E-state index in [0.29, 0.717) is 6.54 Å². The van der Waals surface area contributed by atoms with E-state index >= 15 is 0 Å². The summed E-state index contributed by atoms with van der Waals surface area (Å²) in [7, 11) is 3.93. The van der Waals surface area contributed by atoms with Gasteiger partial charge in [0, 0.05) is 43.3 Å². The fourth-order valence-corrected chi connectivity index (χ4v) is 2.25. The van der Waals surface area contributed by atoms with Crippen molar-refractivity contribution in [3.63, 3.8) is 0 Å². The molecule has 0 unspecified atom stereocenters. The Kier molecular flexibility index (Phi) is 4.69. The molecule has 1 N–H and O–H groups in total. The van der Waals surface area contributed by atoms with Crippen LogP contribution in [0.5, 0.6) is 0 Å². The summed E-state index contributed by atoms with van der Waals surface area (Å²) in [6, 6.07) is 8.77. The number of benzene rings is 1. The lowest BCUT2D eigenvalue weighted by molar-refractivity contribution is 0.625. The first-order valence-electron chi connectivity index (χ1n) is 6.66. The van der Waals surface area contributed by atoms with Gasteiger partial charge >= 0.3 is 0 Å². The van der Waals surface area contributed by atoms with Crippen LogP contribution in [0.1, 0.15) is 16.8 Å². The standard InChI is InChI=1S/C16H20FN3/c1-12-7-16(14(9-18-2)10-19-12)20(3)11-13-5-4-6-15(17)8-13/h4-8,10,18H,9,11H2,1-3H3. The topological polar surface area (TPSA) is 28.2 Å². The van der Waals surface area contributed by atoms with E-state index in [4.69, 9.17) is 0 Å². The largest absolute Gasteiger partial charge is 0.370 e. The average molecular weight is 273 g/mol. The molecule has 3 nitrogen and oxygen atoms in total. The van der Waals surface area contributed by atoms with Gasteiger partial charge in [-0.1, -0.05) is 12.1 Å². The van der Waals surface area contributed by atoms with E-state index in [1.54, 1.807) is 12.1 Å². The molecule has 0 radical (unpaired) electrons. The fraction of sp³-hybridized carbons (Fsp3) is 0.312. The number of nitrogens with one attached hydrogen (secondary N) is 1. The lowest BCUT2D eigenvalue weighted by Gasteiger charge is -2.23. The number of nitrogens with zero attached hydrogens (tertiary/aromatic N) is 2.